The Hall–Kier alpha value is -3.40. The van der Waals surface area contributed by atoms with Crippen molar-refractivity contribution in [3.8, 4) is 0 Å². The van der Waals surface area contributed by atoms with Crippen LogP contribution < -0.4 is 10.0 Å². The van der Waals surface area contributed by atoms with Gasteiger partial charge in [-0.05, 0) is 67.1 Å². The molecule has 0 radical (unpaired) electrons. The maximum Gasteiger partial charge on any atom is 0.416 e. The van der Waals surface area contributed by atoms with E-state index >= 15 is 0 Å². The van der Waals surface area contributed by atoms with Gasteiger partial charge >= 0.3 is 6.18 Å². The van der Waals surface area contributed by atoms with Gasteiger partial charge in [0.1, 0.15) is 5.82 Å². The molecule has 0 unspecified atom stereocenters. The molecule has 156 valence electrons. The molecule has 2 N–H and O–H groups in total. The number of anilines is 2. The van der Waals surface area contributed by atoms with Crippen molar-refractivity contribution in [1.82, 2.24) is 4.98 Å². The van der Waals surface area contributed by atoms with Crippen LogP contribution >= 0.6 is 0 Å². The van der Waals surface area contributed by atoms with E-state index in [1.54, 1.807) is 18.3 Å². The van der Waals surface area contributed by atoms with Gasteiger partial charge in [0, 0.05) is 17.4 Å². The van der Waals surface area contributed by atoms with E-state index in [1.807, 2.05) is 6.92 Å². The number of alkyl halides is 3. The lowest BCUT2D eigenvalue weighted by molar-refractivity contribution is -0.137. The summed E-state index contributed by atoms with van der Waals surface area (Å²) in [7, 11) is -4.14. The second-order valence-corrected chi connectivity index (χ2v) is 8.06. The average molecular weight is 435 g/mol. The number of hydrogen-bond donors (Lipinski definition) is 2. The molecular weight excluding hydrogens is 419 g/mol. The minimum absolute atomic E-state index is 0.191. The van der Waals surface area contributed by atoms with Crippen LogP contribution in [-0.2, 0) is 16.2 Å². The Labute approximate surface area is 170 Å². The van der Waals surface area contributed by atoms with E-state index in [4.69, 9.17) is 0 Å². The molecule has 1 heterocycles. The van der Waals surface area contributed by atoms with Crippen molar-refractivity contribution >= 4 is 27.4 Å². The maximum absolute atomic E-state index is 12.8. The molecular formula is C20H16F3N3O3S. The quantitative estimate of drug-likeness (QED) is 0.619. The number of nitrogens with zero attached hydrogens (tertiary/aromatic N) is 1. The van der Waals surface area contributed by atoms with Crippen molar-refractivity contribution in [1.29, 1.82) is 0 Å². The minimum Gasteiger partial charge on any atom is -0.307 e. The van der Waals surface area contributed by atoms with Gasteiger partial charge in [-0.3, -0.25) is 9.52 Å². The van der Waals surface area contributed by atoms with Gasteiger partial charge in [0.2, 0.25) is 0 Å². The molecule has 0 atom stereocenters. The zero-order valence-corrected chi connectivity index (χ0v) is 16.4. The number of rotatable bonds is 5. The molecule has 0 spiro atoms. The Morgan fingerprint density at radius 2 is 1.70 bits per heavy atom. The third-order valence-corrected chi connectivity index (χ3v) is 5.42. The molecule has 0 saturated carbocycles. The average Bonchev–Trinajstić information content (AvgIpc) is 2.67. The van der Waals surface area contributed by atoms with Crippen LogP contribution in [0.15, 0.2) is 71.8 Å². The first-order chi connectivity index (χ1) is 14.0. The molecule has 1 amide bonds. The number of carbonyl (C=O) groups is 1. The number of nitrogens with one attached hydrogen (secondary N) is 2. The number of hydrogen-bond acceptors (Lipinski definition) is 4. The zero-order chi connectivity index (χ0) is 21.9. The van der Waals surface area contributed by atoms with Gasteiger partial charge in [-0.25, -0.2) is 13.4 Å². The molecule has 0 bridgehead atoms. The lowest BCUT2D eigenvalue weighted by Crippen LogP contribution is -2.15. The lowest BCUT2D eigenvalue weighted by Gasteiger charge is -2.11. The van der Waals surface area contributed by atoms with Crippen molar-refractivity contribution in [2.45, 2.75) is 18.0 Å². The van der Waals surface area contributed by atoms with Crippen LogP contribution in [0.2, 0.25) is 0 Å². The van der Waals surface area contributed by atoms with Crippen LogP contribution in [0.5, 0.6) is 0 Å². The number of benzene rings is 2. The number of sulfonamides is 1. The Morgan fingerprint density at radius 3 is 2.33 bits per heavy atom. The van der Waals surface area contributed by atoms with Gasteiger partial charge in [-0.15, -0.1) is 0 Å². The first-order valence-electron chi connectivity index (χ1n) is 8.59. The van der Waals surface area contributed by atoms with Crippen molar-refractivity contribution in [3.05, 3.63) is 83.6 Å². The molecule has 3 rings (SSSR count). The molecule has 0 fully saturated rings. The summed E-state index contributed by atoms with van der Waals surface area (Å²) in [6.45, 7) is 1.84. The number of aryl methyl sites for hydroxylation is 1. The fourth-order valence-corrected chi connectivity index (χ4v) is 3.60. The Bertz CT molecular complexity index is 1180. The number of aromatic nitrogens is 1. The van der Waals surface area contributed by atoms with E-state index in [9.17, 15) is 26.4 Å². The second-order valence-electron chi connectivity index (χ2n) is 6.38. The van der Waals surface area contributed by atoms with Crippen LogP contribution in [0, 0.1) is 6.92 Å². The molecule has 0 saturated heterocycles. The highest BCUT2D eigenvalue weighted by molar-refractivity contribution is 7.92. The van der Waals surface area contributed by atoms with Crippen molar-refractivity contribution in [3.63, 3.8) is 0 Å². The minimum atomic E-state index is -4.59. The first-order valence-corrected chi connectivity index (χ1v) is 10.1. The molecule has 0 aliphatic heterocycles. The standard InChI is InChI=1S/C20H16F3N3O3S/c1-13-9-10-24-18(11-13)25-19(27)14-5-7-17(8-6-14)30(28,29)26-16-4-2-3-15(12-16)20(21,22)23/h2-12,26H,1H3,(H,24,25,27). The summed E-state index contributed by atoms with van der Waals surface area (Å²) in [5, 5.41) is 2.60. The van der Waals surface area contributed by atoms with Gasteiger partial charge in [0.05, 0.1) is 10.5 Å². The highest BCUT2D eigenvalue weighted by atomic mass is 32.2. The van der Waals surface area contributed by atoms with Crippen LogP contribution in [0.1, 0.15) is 21.5 Å². The van der Waals surface area contributed by atoms with E-state index in [2.05, 4.69) is 15.0 Å². The SMILES string of the molecule is Cc1ccnc(NC(=O)c2ccc(S(=O)(=O)Nc3cccc(C(F)(F)F)c3)cc2)c1. The highest BCUT2D eigenvalue weighted by Gasteiger charge is 2.30. The van der Waals surface area contributed by atoms with Crippen molar-refractivity contribution in [2.24, 2.45) is 0 Å². The van der Waals surface area contributed by atoms with Gasteiger partial charge in [-0.2, -0.15) is 13.2 Å². The summed E-state index contributed by atoms with van der Waals surface area (Å²) in [6, 6.07) is 12.3. The summed E-state index contributed by atoms with van der Waals surface area (Å²) >= 11 is 0. The summed E-state index contributed by atoms with van der Waals surface area (Å²) in [4.78, 5) is 16.1. The van der Waals surface area contributed by atoms with Crippen LogP contribution in [0.3, 0.4) is 0 Å². The fraction of sp³-hybridized carbons (Fsp3) is 0.100. The predicted octanol–water partition coefficient (Wildman–Crippen LogP) is 4.46. The second kappa shape index (κ2) is 8.15. The van der Waals surface area contributed by atoms with Gasteiger partial charge in [-0.1, -0.05) is 6.07 Å². The number of halogens is 3. The molecule has 2 aromatic carbocycles. The van der Waals surface area contributed by atoms with E-state index < -0.39 is 27.7 Å². The first kappa shape index (κ1) is 21.3. The Balaban J connectivity index is 1.75. The number of carbonyl (C=O) groups excluding carboxylic acids is 1. The van der Waals surface area contributed by atoms with Crippen LogP contribution in [0.25, 0.3) is 0 Å². The van der Waals surface area contributed by atoms with Crippen molar-refractivity contribution in [2.75, 3.05) is 10.0 Å². The van der Waals surface area contributed by atoms with Crippen LogP contribution in [-0.4, -0.2) is 19.3 Å². The normalized spacial score (nSPS) is 11.7. The molecule has 30 heavy (non-hydrogen) atoms. The summed E-state index contributed by atoms with van der Waals surface area (Å²) in [6.07, 6.45) is -3.05. The van der Waals surface area contributed by atoms with E-state index in [0.717, 1.165) is 17.7 Å². The molecule has 3 aromatic rings. The number of amides is 1. The molecule has 0 aliphatic rings. The maximum atomic E-state index is 12.8. The van der Waals surface area contributed by atoms with Gasteiger partial charge in [0.25, 0.3) is 15.9 Å². The lowest BCUT2D eigenvalue weighted by atomic mass is 10.2. The van der Waals surface area contributed by atoms with Gasteiger partial charge < -0.3 is 5.32 Å². The van der Waals surface area contributed by atoms with E-state index in [-0.39, 0.29) is 16.1 Å². The van der Waals surface area contributed by atoms with Gasteiger partial charge in [0.15, 0.2) is 0 Å². The summed E-state index contributed by atoms with van der Waals surface area (Å²) in [5.41, 5.74) is -0.102. The topological polar surface area (TPSA) is 88.2 Å². The fourth-order valence-electron chi connectivity index (χ4n) is 2.55. The number of pyridine rings is 1. The molecule has 6 nitrogen and oxygen atoms in total. The smallest absolute Gasteiger partial charge is 0.307 e. The van der Waals surface area contributed by atoms with Crippen LogP contribution in [0.4, 0.5) is 24.7 Å². The zero-order valence-electron chi connectivity index (χ0n) is 15.6. The largest absolute Gasteiger partial charge is 0.416 e. The monoisotopic (exact) mass is 435 g/mol. The third-order valence-electron chi connectivity index (χ3n) is 4.03. The Kier molecular flexibility index (Phi) is 5.79. The Morgan fingerprint density at radius 1 is 1.00 bits per heavy atom. The summed E-state index contributed by atoms with van der Waals surface area (Å²) < 4.78 is 65.4. The molecule has 0 aliphatic carbocycles. The predicted molar refractivity (Wildman–Crippen MR) is 106 cm³/mol. The summed E-state index contributed by atoms with van der Waals surface area (Å²) in [5.74, 6) is -0.134. The molecule has 1 aromatic heterocycles. The van der Waals surface area contributed by atoms with E-state index in [0.29, 0.717) is 11.9 Å². The highest BCUT2D eigenvalue weighted by Crippen LogP contribution is 2.31. The molecule has 10 heteroatoms. The van der Waals surface area contributed by atoms with Crippen molar-refractivity contribution < 1.29 is 26.4 Å². The van der Waals surface area contributed by atoms with E-state index in [1.165, 1.54) is 30.3 Å². The third kappa shape index (κ3) is 5.15.